The van der Waals surface area contributed by atoms with Crippen molar-refractivity contribution in [3.63, 3.8) is 0 Å². The third-order valence-electron chi connectivity index (χ3n) is 1.40. The Labute approximate surface area is 62.5 Å². The first-order valence-corrected chi connectivity index (χ1v) is 3.34. The average molecular weight is 141 g/mol. The first kappa shape index (κ1) is 9.37. The van der Waals surface area contributed by atoms with Crippen LogP contribution in [-0.4, -0.2) is 31.8 Å². The van der Waals surface area contributed by atoms with Crippen LogP contribution in [0.4, 0.5) is 0 Å². The maximum absolute atomic E-state index is 10.3. The standard InChI is InChI=1S/C8H15NO/c1-7(5-9(3)4)8(2)6-10/h6H,5H2,1-4H3/b8-7+. The lowest BCUT2D eigenvalue weighted by atomic mass is 10.2. The number of carbonyl (C=O) groups excluding carboxylic acids is 1. The van der Waals surface area contributed by atoms with Gasteiger partial charge in [-0.25, -0.2) is 0 Å². The fraction of sp³-hybridized carbons (Fsp3) is 0.625. The maximum atomic E-state index is 10.3. The van der Waals surface area contributed by atoms with E-state index in [9.17, 15) is 4.79 Å². The molecule has 0 saturated carbocycles. The molecule has 10 heavy (non-hydrogen) atoms. The van der Waals surface area contributed by atoms with Crippen molar-refractivity contribution in [1.82, 2.24) is 4.90 Å². The van der Waals surface area contributed by atoms with Gasteiger partial charge in [-0.3, -0.25) is 4.79 Å². The average Bonchev–Trinajstić information content (AvgIpc) is 1.85. The van der Waals surface area contributed by atoms with Crippen LogP contribution in [0.15, 0.2) is 11.1 Å². The molecule has 0 heterocycles. The molecule has 0 atom stereocenters. The third kappa shape index (κ3) is 3.41. The highest BCUT2D eigenvalue weighted by atomic mass is 16.1. The summed E-state index contributed by atoms with van der Waals surface area (Å²) in [5.41, 5.74) is 1.98. The Kier molecular flexibility index (Phi) is 3.96. The molecule has 0 aliphatic heterocycles. The molecular formula is C8H15NO. The quantitative estimate of drug-likeness (QED) is 0.433. The van der Waals surface area contributed by atoms with Gasteiger partial charge in [0.1, 0.15) is 6.29 Å². The van der Waals surface area contributed by atoms with Gasteiger partial charge < -0.3 is 4.90 Å². The van der Waals surface area contributed by atoms with E-state index in [1.54, 1.807) is 0 Å². The lowest BCUT2D eigenvalue weighted by Crippen LogP contribution is -2.14. The first-order valence-electron chi connectivity index (χ1n) is 3.34. The first-order chi connectivity index (χ1) is 4.57. The lowest BCUT2D eigenvalue weighted by Gasteiger charge is -2.10. The largest absolute Gasteiger partial charge is 0.305 e. The summed E-state index contributed by atoms with van der Waals surface area (Å²) in [5.74, 6) is 0. The topological polar surface area (TPSA) is 20.3 Å². The van der Waals surface area contributed by atoms with Gasteiger partial charge in [-0.05, 0) is 33.5 Å². The molecule has 0 spiro atoms. The van der Waals surface area contributed by atoms with E-state index >= 15 is 0 Å². The molecule has 2 heteroatoms. The summed E-state index contributed by atoms with van der Waals surface area (Å²) in [7, 11) is 3.98. The number of nitrogens with zero attached hydrogens (tertiary/aromatic N) is 1. The molecule has 0 saturated heterocycles. The van der Waals surface area contributed by atoms with Gasteiger partial charge in [0, 0.05) is 6.54 Å². The van der Waals surface area contributed by atoms with E-state index in [1.165, 1.54) is 0 Å². The summed E-state index contributed by atoms with van der Waals surface area (Å²) < 4.78 is 0. The molecule has 0 radical (unpaired) electrons. The number of likely N-dealkylation sites (N-methyl/N-ethyl adjacent to an activating group) is 1. The van der Waals surface area contributed by atoms with Crippen LogP contribution in [0.3, 0.4) is 0 Å². The summed E-state index contributed by atoms with van der Waals surface area (Å²) >= 11 is 0. The Hall–Kier alpha value is -0.630. The van der Waals surface area contributed by atoms with E-state index in [0.717, 1.165) is 24.0 Å². The lowest BCUT2D eigenvalue weighted by molar-refractivity contribution is -0.104. The molecule has 0 amide bonds. The van der Waals surface area contributed by atoms with E-state index in [2.05, 4.69) is 0 Å². The summed E-state index contributed by atoms with van der Waals surface area (Å²) in [6, 6.07) is 0. The van der Waals surface area contributed by atoms with Crippen LogP contribution in [0.25, 0.3) is 0 Å². The molecule has 0 aromatic heterocycles. The molecule has 0 aliphatic carbocycles. The fourth-order valence-electron chi connectivity index (χ4n) is 0.700. The van der Waals surface area contributed by atoms with Crippen molar-refractivity contribution in [1.29, 1.82) is 0 Å². The van der Waals surface area contributed by atoms with E-state index in [1.807, 2.05) is 32.8 Å². The highest BCUT2D eigenvalue weighted by Gasteiger charge is 1.95. The number of hydrogen-bond acceptors (Lipinski definition) is 2. The number of carbonyl (C=O) groups is 1. The molecule has 0 unspecified atom stereocenters. The Morgan fingerprint density at radius 1 is 1.40 bits per heavy atom. The summed E-state index contributed by atoms with van der Waals surface area (Å²) in [4.78, 5) is 12.3. The second-order valence-corrected chi connectivity index (χ2v) is 2.82. The summed E-state index contributed by atoms with van der Waals surface area (Å²) in [5, 5.41) is 0. The summed E-state index contributed by atoms with van der Waals surface area (Å²) in [6.45, 7) is 4.68. The van der Waals surface area contributed by atoms with Gasteiger partial charge in [0.05, 0.1) is 0 Å². The van der Waals surface area contributed by atoms with E-state index in [4.69, 9.17) is 0 Å². The van der Waals surface area contributed by atoms with Crippen molar-refractivity contribution in [2.24, 2.45) is 0 Å². The monoisotopic (exact) mass is 141 g/mol. The Morgan fingerprint density at radius 2 is 1.90 bits per heavy atom. The molecule has 0 fully saturated rings. The summed E-state index contributed by atoms with van der Waals surface area (Å²) in [6.07, 6.45) is 0.902. The van der Waals surface area contributed by atoms with Crippen LogP contribution in [0.2, 0.25) is 0 Å². The molecule has 0 rings (SSSR count). The second-order valence-electron chi connectivity index (χ2n) is 2.82. The zero-order valence-corrected chi connectivity index (χ0v) is 7.14. The van der Waals surface area contributed by atoms with Gasteiger partial charge in [0.25, 0.3) is 0 Å². The van der Waals surface area contributed by atoms with E-state index < -0.39 is 0 Å². The molecular weight excluding hydrogens is 126 g/mol. The molecule has 0 aromatic rings. The number of aldehydes is 1. The third-order valence-corrected chi connectivity index (χ3v) is 1.40. The van der Waals surface area contributed by atoms with Gasteiger partial charge in [-0.15, -0.1) is 0 Å². The minimum atomic E-state index is 0.841. The van der Waals surface area contributed by atoms with Crippen LogP contribution in [0.1, 0.15) is 13.8 Å². The van der Waals surface area contributed by atoms with Gasteiger partial charge in [-0.1, -0.05) is 5.57 Å². The van der Waals surface area contributed by atoms with Crippen LogP contribution in [0, 0.1) is 0 Å². The predicted molar refractivity (Wildman–Crippen MR) is 43.0 cm³/mol. The van der Waals surface area contributed by atoms with Crippen LogP contribution in [0.5, 0.6) is 0 Å². The molecule has 2 nitrogen and oxygen atoms in total. The van der Waals surface area contributed by atoms with Crippen molar-refractivity contribution >= 4 is 6.29 Å². The Balaban J connectivity index is 4.04. The minimum Gasteiger partial charge on any atom is -0.305 e. The normalized spacial score (nSPS) is 13.3. The highest BCUT2D eigenvalue weighted by Crippen LogP contribution is 2.00. The number of hydrogen-bond donors (Lipinski definition) is 0. The molecule has 0 N–H and O–H groups in total. The van der Waals surface area contributed by atoms with Gasteiger partial charge >= 0.3 is 0 Å². The Morgan fingerprint density at radius 3 is 2.20 bits per heavy atom. The predicted octanol–water partition coefficient (Wildman–Crippen LogP) is 1.08. The molecule has 0 aromatic carbocycles. The smallest absolute Gasteiger partial charge is 0.145 e. The number of allylic oxidation sites excluding steroid dienone is 1. The fourth-order valence-corrected chi connectivity index (χ4v) is 0.700. The van der Waals surface area contributed by atoms with Crippen LogP contribution < -0.4 is 0 Å². The molecule has 0 bridgehead atoms. The second kappa shape index (κ2) is 4.23. The molecule has 0 aliphatic rings. The SMILES string of the molecule is C/C(C=O)=C(/C)CN(C)C. The van der Waals surface area contributed by atoms with Crippen molar-refractivity contribution in [3.05, 3.63) is 11.1 Å². The van der Waals surface area contributed by atoms with Crippen molar-refractivity contribution in [2.45, 2.75) is 13.8 Å². The van der Waals surface area contributed by atoms with E-state index in [0.29, 0.717) is 0 Å². The minimum absolute atomic E-state index is 0.841. The zero-order valence-electron chi connectivity index (χ0n) is 7.14. The van der Waals surface area contributed by atoms with Crippen molar-refractivity contribution in [3.8, 4) is 0 Å². The van der Waals surface area contributed by atoms with Crippen LogP contribution in [-0.2, 0) is 4.79 Å². The van der Waals surface area contributed by atoms with Gasteiger partial charge in [-0.2, -0.15) is 0 Å². The van der Waals surface area contributed by atoms with Gasteiger partial charge in [0.15, 0.2) is 0 Å². The van der Waals surface area contributed by atoms with E-state index in [-0.39, 0.29) is 0 Å². The molecule has 58 valence electrons. The zero-order chi connectivity index (χ0) is 8.15. The Bertz CT molecular complexity index is 147. The van der Waals surface area contributed by atoms with Crippen molar-refractivity contribution in [2.75, 3.05) is 20.6 Å². The number of rotatable bonds is 3. The van der Waals surface area contributed by atoms with Crippen molar-refractivity contribution < 1.29 is 4.79 Å². The highest BCUT2D eigenvalue weighted by molar-refractivity contribution is 5.73. The van der Waals surface area contributed by atoms with Gasteiger partial charge in [0.2, 0.25) is 0 Å². The maximum Gasteiger partial charge on any atom is 0.145 e. The van der Waals surface area contributed by atoms with Crippen LogP contribution >= 0.6 is 0 Å².